The topological polar surface area (TPSA) is 175 Å². The summed E-state index contributed by atoms with van der Waals surface area (Å²) in [6.45, 7) is 0.206. The molecule has 4 atom stereocenters. The monoisotopic (exact) mass is 357 g/mol. The average Bonchev–Trinajstić information content (AvgIpc) is 2.87. The quantitative estimate of drug-likeness (QED) is 0.293. The Morgan fingerprint density at radius 3 is 2.56 bits per heavy atom. The van der Waals surface area contributed by atoms with Crippen molar-refractivity contribution in [2.45, 2.75) is 24.5 Å². The van der Waals surface area contributed by atoms with Gasteiger partial charge in [0.15, 0.2) is 12.3 Å². The molecule has 0 bridgehead atoms. The first kappa shape index (κ1) is 18.6. The molecule has 0 radical (unpaired) electrons. The Bertz CT molecular complexity index is 745. The molecule has 0 saturated carbocycles. The van der Waals surface area contributed by atoms with Gasteiger partial charge in [-0.3, -0.25) is 19.1 Å². The van der Waals surface area contributed by atoms with Crippen LogP contribution >= 0.6 is 0 Å². The summed E-state index contributed by atoms with van der Waals surface area (Å²) in [4.78, 5) is 47.8. The van der Waals surface area contributed by atoms with E-state index in [-0.39, 0.29) is 13.1 Å². The van der Waals surface area contributed by atoms with Crippen molar-refractivity contribution < 1.29 is 24.5 Å². The first-order valence-electron chi connectivity index (χ1n) is 7.41. The minimum atomic E-state index is -1.57. The number of hydrogen-bond donors (Lipinski definition) is 6. The standard InChI is InChI=1S/C13H19N5O7/c1-14-12(23)16-4-3-15-10(22)9-7(20)8(21)11(25-9)18-5-2-6(19)17-13(18)24/h2,5,7-9,11,20-21H,3-4H2,1H3,(H,15,22)(H2,14,16,23)(H,17,19,24). The van der Waals surface area contributed by atoms with Crippen molar-refractivity contribution in [1.82, 2.24) is 25.5 Å². The van der Waals surface area contributed by atoms with Gasteiger partial charge in [-0.1, -0.05) is 0 Å². The Kier molecular flexibility index (Phi) is 5.90. The Labute approximate surface area is 140 Å². The largest absolute Gasteiger partial charge is 0.387 e. The van der Waals surface area contributed by atoms with Crippen LogP contribution in [0.3, 0.4) is 0 Å². The summed E-state index contributed by atoms with van der Waals surface area (Å²) in [5.74, 6) is -0.717. The molecule has 0 spiro atoms. The predicted octanol–water partition coefficient (Wildman–Crippen LogP) is -3.80. The number of carbonyl (C=O) groups is 2. The molecule has 3 amide bonds. The average molecular weight is 357 g/mol. The van der Waals surface area contributed by atoms with Crippen LogP contribution in [0.15, 0.2) is 21.9 Å². The summed E-state index contributed by atoms with van der Waals surface area (Å²) in [7, 11) is 1.44. The number of aromatic amines is 1. The van der Waals surface area contributed by atoms with Crippen molar-refractivity contribution >= 4 is 11.9 Å². The van der Waals surface area contributed by atoms with Gasteiger partial charge in [0, 0.05) is 32.4 Å². The molecule has 6 N–H and O–H groups in total. The fourth-order valence-electron chi connectivity index (χ4n) is 2.28. The Hall–Kier alpha value is -2.70. The van der Waals surface area contributed by atoms with E-state index in [1.807, 2.05) is 4.98 Å². The Balaban J connectivity index is 1.99. The molecule has 138 valence electrons. The smallest absolute Gasteiger partial charge is 0.330 e. The maximum atomic E-state index is 12.1. The molecule has 1 aliphatic heterocycles. The summed E-state index contributed by atoms with van der Waals surface area (Å²) < 4.78 is 6.15. The van der Waals surface area contributed by atoms with E-state index in [0.717, 1.165) is 16.8 Å². The summed E-state index contributed by atoms with van der Waals surface area (Å²) in [6.07, 6.45) is -4.79. The highest BCUT2D eigenvalue weighted by atomic mass is 16.6. The number of ether oxygens (including phenoxy) is 1. The highest BCUT2D eigenvalue weighted by Gasteiger charge is 2.47. The summed E-state index contributed by atoms with van der Waals surface area (Å²) in [5.41, 5.74) is -1.48. The molecule has 1 aromatic rings. The number of aliphatic hydroxyl groups is 2. The lowest BCUT2D eigenvalue weighted by molar-refractivity contribution is -0.137. The normalized spacial score (nSPS) is 25.4. The first-order valence-corrected chi connectivity index (χ1v) is 7.41. The van der Waals surface area contributed by atoms with Crippen molar-refractivity contribution in [3.63, 3.8) is 0 Å². The molecule has 0 aromatic carbocycles. The van der Waals surface area contributed by atoms with Gasteiger partial charge < -0.3 is 30.9 Å². The highest BCUT2D eigenvalue weighted by Crippen LogP contribution is 2.28. The van der Waals surface area contributed by atoms with Gasteiger partial charge in [-0.15, -0.1) is 0 Å². The summed E-state index contributed by atoms with van der Waals surface area (Å²) >= 11 is 0. The molecule has 25 heavy (non-hydrogen) atoms. The minimum absolute atomic E-state index is 0.0677. The van der Waals surface area contributed by atoms with Gasteiger partial charge in [0.25, 0.3) is 11.5 Å². The van der Waals surface area contributed by atoms with Gasteiger partial charge >= 0.3 is 11.7 Å². The second-order valence-corrected chi connectivity index (χ2v) is 5.24. The lowest BCUT2D eigenvalue weighted by Crippen LogP contribution is -2.45. The second kappa shape index (κ2) is 7.92. The number of amides is 3. The van der Waals surface area contributed by atoms with Crippen LogP contribution in [0.25, 0.3) is 0 Å². The maximum absolute atomic E-state index is 12.1. The molecule has 4 unspecified atom stereocenters. The van der Waals surface area contributed by atoms with Crippen LogP contribution in [-0.2, 0) is 9.53 Å². The van der Waals surface area contributed by atoms with Crippen molar-refractivity contribution in [2.24, 2.45) is 0 Å². The molecule has 2 heterocycles. The highest BCUT2D eigenvalue weighted by molar-refractivity contribution is 5.82. The van der Waals surface area contributed by atoms with E-state index < -0.39 is 47.7 Å². The van der Waals surface area contributed by atoms with Crippen LogP contribution in [0.4, 0.5) is 4.79 Å². The number of aliphatic hydroxyl groups excluding tert-OH is 2. The maximum Gasteiger partial charge on any atom is 0.330 e. The molecule has 1 aromatic heterocycles. The third kappa shape index (κ3) is 4.23. The number of urea groups is 1. The van der Waals surface area contributed by atoms with Crippen LogP contribution in [0.5, 0.6) is 0 Å². The zero-order valence-corrected chi connectivity index (χ0v) is 13.3. The number of carbonyl (C=O) groups excluding carboxylic acids is 2. The number of nitrogens with zero attached hydrogens (tertiary/aromatic N) is 1. The Morgan fingerprint density at radius 2 is 1.92 bits per heavy atom. The first-order chi connectivity index (χ1) is 11.8. The van der Waals surface area contributed by atoms with Crippen LogP contribution in [-0.4, -0.2) is 70.2 Å². The van der Waals surface area contributed by atoms with E-state index in [2.05, 4.69) is 16.0 Å². The van der Waals surface area contributed by atoms with Gasteiger partial charge in [-0.2, -0.15) is 0 Å². The van der Waals surface area contributed by atoms with Crippen molar-refractivity contribution in [3.05, 3.63) is 33.1 Å². The summed E-state index contributed by atoms with van der Waals surface area (Å²) in [6, 6.07) is 0.626. The molecular weight excluding hydrogens is 338 g/mol. The van der Waals surface area contributed by atoms with Crippen molar-refractivity contribution in [2.75, 3.05) is 20.1 Å². The van der Waals surface area contributed by atoms with E-state index in [0.29, 0.717) is 0 Å². The SMILES string of the molecule is CNC(=O)NCCNC(=O)C1OC(n2ccc(=O)[nH]c2=O)C(O)C1O. The minimum Gasteiger partial charge on any atom is -0.387 e. The molecule has 2 rings (SSSR count). The predicted molar refractivity (Wildman–Crippen MR) is 82.7 cm³/mol. The van der Waals surface area contributed by atoms with Crippen LogP contribution < -0.4 is 27.2 Å². The fourth-order valence-corrected chi connectivity index (χ4v) is 2.28. The van der Waals surface area contributed by atoms with E-state index in [4.69, 9.17) is 4.74 Å². The van der Waals surface area contributed by atoms with Gasteiger partial charge in [0.05, 0.1) is 0 Å². The van der Waals surface area contributed by atoms with E-state index in [1.165, 1.54) is 7.05 Å². The van der Waals surface area contributed by atoms with E-state index >= 15 is 0 Å². The zero-order valence-electron chi connectivity index (χ0n) is 13.3. The fraction of sp³-hybridized carbons (Fsp3) is 0.538. The molecule has 12 nitrogen and oxygen atoms in total. The third-order valence-corrected chi connectivity index (χ3v) is 3.56. The number of hydrogen-bond acceptors (Lipinski definition) is 7. The molecule has 1 saturated heterocycles. The van der Waals surface area contributed by atoms with Gasteiger partial charge in [-0.05, 0) is 0 Å². The number of H-pyrrole nitrogens is 1. The Morgan fingerprint density at radius 1 is 1.24 bits per heavy atom. The zero-order chi connectivity index (χ0) is 18.6. The second-order valence-electron chi connectivity index (χ2n) is 5.24. The van der Waals surface area contributed by atoms with Crippen molar-refractivity contribution in [1.29, 1.82) is 0 Å². The third-order valence-electron chi connectivity index (χ3n) is 3.56. The molecule has 0 aliphatic carbocycles. The van der Waals surface area contributed by atoms with Gasteiger partial charge in [-0.25, -0.2) is 9.59 Å². The number of aromatic nitrogens is 2. The molecule has 12 heteroatoms. The number of rotatable bonds is 5. The molecule has 1 fully saturated rings. The van der Waals surface area contributed by atoms with E-state index in [1.54, 1.807) is 0 Å². The molecule has 1 aliphatic rings. The van der Waals surface area contributed by atoms with Crippen LogP contribution in [0, 0.1) is 0 Å². The lowest BCUT2D eigenvalue weighted by Gasteiger charge is -2.16. The lowest BCUT2D eigenvalue weighted by atomic mass is 10.1. The molecular formula is C13H19N5O7. The van der Waals surface area contributed by atoms with E-state index in [9.17, 15) is 29.4 Å². The van der Waals surface area contributed by atoms with Gasteiger partial charge in [0.2, 0.25) is 0 Å². The van der Waals surface area contributed by atoms with Gasteiger partial charge in [0.1, 0.15) is 12.2 Å². The van der Waals surface area contributed by atoms with Crippen LogP contribution in [0.2, 0.25) is 0 Å². The number of nitrogens with one attached hydrogen (secondary N) is 4. The van der Waals surface area contributed by atoms with Crippen LogP contribution in [0.1, 0.15) is 6.23 Å². The summed E-state index contributed by atoms with van der Waals surface area (Å²) in [5, 5.41) is 27.2. The van der Waals surface area contributed by atoms with Crippen molar-refractivity contribution in [3.8, 4) is 0 Å².